The van der Waals surface area contributed by atoms with Gasteiger partial charge in [-0.05, 0) is 73.1 Å². The fourth-order valence-electron chi connectivity index (χ4n) is 6.19. The summed E-state index contributed by atoms with van der Waals surface area (Å²) in [6.07, 6.45) is 8.62. The van der Waals surface area contributed by atoms with E-state index in [0.717, 1.165) is 49.9 Å². The molecule has 1 aliphatic rings. The maximum absolute atomic E-state index is 10.1. The lowest BCUT2D eigenvalue weighted by molar-refractivity contribution is -0.660. The average molecular weight is 472 g/mol. The average Bonchev–Trinajstić information content (AvgIpc) is 3.27. The third-order valence-electron chi connectivity index (χ3n) is 8.05. The van der Waals surface area contributed by atoms with Crippen molar-refractivity contribution in [3.05, 3.63) is 89.1 Å². The standard InChI is InChI=1S/C33H31N2O/c1-21-12-15-27-28-17-14-25(20-34)31(24-13-16-26(22(2)19-24)23-9-5-4-6-10-23)33(28)36-32(27)30(21)29-11-7-8-18-35(29)3/h7-8,11-19,23H,4-6,9-10H2,1-3H3/q+1. The molecular weight excluding hydrogens is 440 g/mol. The van der Waals surface area contributed by atoms with Crippen LogP contribution in [-0.2, 0) is 7.05 Å². The predicted octanol–water partition coefficient (Wildman–Crippen LogP) is 8.28. The molecule has 0 spiro atoms. The lowest BCUT2D eigenvalue weighted by Crippen LogP contribution is -2.30. The summed E-state index contributed by atoms with van der Waals surface area (Å²) in [6.45, 7) is 4.35. The van der Waals surface area contributed by atoms with Gasteiger partial charge in [-0.3, -0.25) is 0 Å². The minimum Gasteiger partial charge on any atom is -0.454 e. The molecule has 0 radical (unpaired) electrons. The van der Waals surface area contributed by atoms with Crippen molar-refractivity contribution in [3.63, 3.8) is 0 Å². The number of aromatic nitrogens is 1. The molecule has 0 amide bonds. The molecule has 36 heavy (non-hydrogen) atoms. The number of fused-ring (bicyclic) bond motifs is 3. The highest BCUT2D eigenvalue weighted by atomic mass is 16.3. The first-order valence-corrected chi connectivity index (χ1v) is 13.0. The van der Waals surface area contributed by atoms with Crippen molar-refractivity contribution in [2.24, 2.45) is 7.05 Å². The van der Waals surface area contributed by atoms with Gasteiger partial charge >= 0.3 is 0 Å². The molecule has 6 rings (SSSR count). The molecule has 178 valence electrons. The number of pyridine rings is 1. The topological polar surface area (TPSA) is 40.8 Å². The van der Waals surface area contributed by atoms with Crippen molar-refractivity contribution in [3.8, 4) is 28.5 Å². The first kappa shape index (κ1) is 22.6. The number of hydrogen-bond acceptors (Lipinski definition) is 2. The number of rotatable bonds is 3. The Bertz CT molecular complexity index is 1660. The second-order valence-corrected chi connectivity index (χ2v) is 10.3. The Kier molecular flexibility index (Phi) is 5.61. The maximum atomic E-state index is 10.1. The van der Waals surface area contributed by atoms with Crippen molar-refractivity contribution in [2.45, 2.75) is 51.9 Å². The molecule has 0 atom stereocenters. The fourth-order valence-corrected chi connectivity index (χ4v) is 6.19. The highest BCUT2D eigenvalue weighted by Gasteiger charge is 2.24. The molecule has 3 aromatic carbocycles. The largest absolute Gasteiger partial charge is 0.454 e. The molecule has 0 N–H and O–H groups in total. The number of nitrogens with zero attached hydrogens (tertiary/aromatic N) is 2. The van der Waals surface area contributed by atoms with Gasteiger partial charge in [0.25, 0.3) is 0 Å². The Balaban J connectivity index is 1.59. The van der Waals surface area contributed by atoms with Crippen molar-refractivity contribution in [1.29, 1.82) is 5.26 Å². The molecule has 5 aromatic rings. The van der Waals surface area contributed by atoms with Crippen LogP contribution in [0.1, 0.15) is 60.3 Å². The van der Waals surface area contributed by atoms with E-state index in [9.17, 15) is 5.26 Å². The summed E-state index contributed by atoms with van der Waals surface area (Å²) in [6, 6.07) is 23.7. The van der Waals surface area contributed by atoms with Gasteiger partial charge in [0.2, 0.25) is 5.69 Å². The highest BCUT2D eigenvalue weighted by molar-refractivity contribution is 6.14. The van der Waals surface area contributed by atoms with E-state index in [1.807, 2.05) is 18.2 Å². The molecule has 1 fully saturated rings. The van der Waals surface area contributed by atoms with E-state index in [1.165, 1.54) is 43.2 Å². The van der Waals surface area contributed by atoms with Crippen LogP contribution in [0, 0.1) is 25.2 Å². The Morgan fingerprint density at radius 3 is 2.31 bits per heavy atom. The minimum absolute atomic E-state index is 0.648. The molecule has 3 heteroatoms. The first-order chi connectivity index (χ1) is 17.6. The summed E-state index contributed by atoms with van der Waals surface area (Å²) in [5, 5.41) is 12.2. The summed E-state index contributed by atoms with van der Waals surface area (Å²) in [5.74, 6) is 0.655. The van der Waals surface area contributed by atoms with Crippen molar-refractivity contribution >= 4 is 21.9 Å². The Morgan fingerprint density at radius 1 is 0.833 bits per heavy atom. The molecule has 2 aromatic heterocycles. The number of benzene rings is 3. The molecule has 3 nitrogen and oxygen atoms in total. The molecule has 0 unspecified atom stereocenters. The lowest BCUT2D eigenvalue weighted by atomic mass is 9.81. The van der Waals surface area contributed by atoms with Gasteiger partial charge in [0.05, 0.1) is 17.2 Å². The quantitative estimate of drug-likeness (QED) is 0.248. The van der Waals surface area contributed by atoms with Crippen LogP contribution < -0.4 is 4.57 Å². The minimum atomic E-state index is 0.648. The van der Waals surface area contributed by atoms with Gasteiger partial charge in [0.15, 0.2) is 6.20 Å². The predicted molar refractivity (Wildman–Crippen MR) is 146 cm³/mol. The van der Waals surface area contributed by atoms with Gasteiger partial charge in [0.1, 0.15) is 18.2 Å². The molecule has 2 heterocycles. The van der Waals surface area contributed by atoms with Crippen molar-refractivity contribution in [1.82, 2.24) is 0 Å². The second kappa shape index (κ2) is 8.95. The highest BCUT2D eigenvalue weighted by Crippen LogP contribution is 2.43. The normalized spacial score (nSPS) is 14.4. The Morgan fingerprint density at radius 2 is 1.58 bits per heavy atom. The third kappa shape index (κ3) is 3.60. The van der Waals surface area contributed by atoms with Gasteiger partial charge in [-0.25, -0.2) is 4.57 Å². The van der Waals surface area contributed by atoms with Crippen LogP contribution in [0.2, 0.25) is 0 Å². The zero-order valence-electron chi connectivity index (χ0n) is 21.3. The van der Waals surface area contributed by atoms with Gasteiger partial charge in [-0.2, -0.15) is 5.26 Å². The number of aryl methyl sites for hydroxylation is 3. The van der Waals surface area contributed by atoms with Gasteiger partial charge < -0.3 is 4.42 Å². The molecule has 0 aliphatic heterocycles. The zero-order valence-corrected chi connectivity index (χ0v) is 21.3. The van der Waals surface area contributed by atoms with Gasteiger partial charge in [-0.15, -0.1) is 0 Å². The second-order valence-electron chi connectivity index (χ2n) is 10.3. The molecule has 0 bridgehead atoms. The van der Waals surface area contributed by atoms with Crippen LogP contribution in [0.25, 0.3) is 44.3 Å². The summed E-state index contributed by atoms with van der Waals surface area (Å²) in [4.78, 5) is 0. The third-order valence-corrected chi connectivity index (χ3v) is 8.05. The van der Waals surface area contributed by atoms with E-state index < -0.39 is 0 Å². The van der Waals surface area contributed by atoms with E-state index >= 15 is 0 Å². The van der Waals surface area contributed by atoms with Crippen LogP contribution in [0.15, 0.2) is 71.3 Å². The summed E-state index contributed by atoms with van der Waals surface area (Å²) in [7, 11) is 2.06. The van der Waals surface area contributed by atoms with Gasteiger partial charge in [-0.1, -0.05) is 49.6 Å². The van der Waals surface area contributed by atoms with Crippen LogP contribution in [0.4, 0.5) is 0 Å². The van der Waals surface area contributed by atoms with E-state index in [0.29, 0.717) is 11.5 Å². The van der Waals surface area contributed by atoms with Crippen molar-refractivity contribution in [2.75, 3.05) is 0 Å². The summed E-state index contributed by atoms with van der Waals surface area (Å²) in [5.41, 5.74) is 10.4. The number of nitriles is 1. The SMILES string of the molecule is Cc1cc(-c2c(C#N)ccc3c2oc2c(-c4cccc[n+]4C)c(C)ccc23)ccc1C1CCCCC1. The smallest absolute Gasteiger partial charge is 0.216 e. The number of furan rings is 1. The van der Waals surface area contributed by atoms with Crippen LogP contribution >= 0.6 is 0 Å². The number of hydrogen-bond donors (Lipinski definition) is 0. The zero-order chi connectivity index (χ0) is 24.8. The van der Waals surface area contributed by atoms with Gasteiger partial charge in [0, 0.05) is 28.5 Å². The summed E-state index contributed by atoms with van der Waals surface area (Å²) >= 11 is 0. The van der Waals surface area contributed by atoms with E-state index in [-0.39, 0.29) is 0 Å². The first-order valence-electron chi connectivity index (χ1n) is 13.0. The van der Waals surface area contributed by atoms with Crippen molar-refractivity contribution < 1.29 is 8.98 Å². The molecule has 1 aliphatic carbocycles. The lowest BCUT2D eigenvalue weighted by Gasteiger charge is -2.24. The molecule has 0 saturated heterocycles. The molecule has 1 saturated carbocycles. The van der Waals surface area contributed by atoms with E-state index in [4.69, 9.17) is 4.42 Å². The Labute approximate surface area is 212 Å². The maximum Gasteiger partial charge on any atom is 0.216 e. The summed E-state index contributed by atoms with van der Waals surface area (Å²) < 4.78 is 8.85. The Hall–Kier alpha value is -3.90. The van der Waals surface area contributed by atoms with Crippen LogP contribution in [0.3, 0.4) is 0 Å². The van der Waals surface area contributed by atoms with E-state index in [1.54, 1.807) is 0 Å². The van der Waals surface area contributed by atoms with E-state index in [2.05, 4.69) is 80.2 Å². The van der Waals surface area contributed by atoms with Crippen LogP contribution in [0.5, 0.6) is 0 Å². The monoisotopic (exact) mass is 471 g/mol. The fraction of sp³-hybridized carbons (Fsp3) is 0.273. The van der Waals surface area contributed by atoms with Crippen LogP contribution in [-0.4, -0.2) is 0 Å². The molecular formula is C33H31N2O+.